The molecule has 2 aromatic rings. The summed E-state index contributed by atoms with van der Waals surface area (Å²) in [5, 5.41) is 10.3. The van der Waals surface area contributed by atoms with Crippen molar-refractivity contribution in [2.45, 2.75) is 20.3 Å². The second-order valence-corrected chi connectivity index (χ2v) is 5.87. The van der Waals surface area contributed by atoms with E-state index in [0.717, 1.165) is 12.1 Å². The number of carbonyl (C=O) groups is 1. The number of aromatic nitrogens is 2. The van der Waals surface area contributed by atoms with Crippen molar-refractivity contribution in [1.82, 2.24) is 15.5 Å². The summed E-state index contributed by atoms with van der Waals surface area (Å²) in [4.78, 5) is 11.9. The molecule has 0 fully saturated rings. The van der Waals surface area contributed by atoms with Gasteiger partial charge >= 0.3 is 0 Å². The Hall–Kier alpha value is -2.01. The average molecular weight is 322 g/mol. The molecule has 0 saturated carbocycles. The van der Waals surface area contributed by atoms with Crippen LogP contribution in [0.1, 0.15) is 30.0 Å². The number of halogens is 1. The van der Waals surface area contributed by atoms with Crippen LogP contribution in [-0.2, 0) is 6.42 Å². The summed E-state index contributed by atoms with van der Waals surface area (Å²) < 4.78 is 5.50. The van der Waals surface area contributed by atoms with E-state index in [1.807, 2.05) is 12.1 Å². The number of benzene rings is 1. The van der Waals surface area contributed by atoms with E-state index in [-0.39, 0.29) is 5.91 Å². The molecule has 1 aromatic carbocycles. The fourth-order valence-corrected chi connectivity index (χ4v) is 2.18. The van der Waals surface area contributed by atoms with Gasteiger partial charge < -0.3 is 10.1 Å². The van der Waals surface area contributed by atoms with Crippen LogP contribution in [0.2, 0.25) is 5.02 Å². The second-order valence-electron chi connectivity index (χ2n) is 5.44. The number of nitrogens with zero attached hydrogens (tertiary/aromatic N) is 1. The molecule has 1 amide bonds. The quantitative estimate of drug-likeness (QED) is 0.770. The molecule has 0 aliphatic carbocycles. The zero-order valence-electron chi connectivity index (χ0n) is 12.7. The summed E-state index contributed by atoms with van der Waals surface area (Å²) in [5.41, 5.74) is 1.37. The standard InChI is InChI=1S/C16H20ClN3O2/c1-11(2)8-13-10-15(20-19-13)16(21)18-6-7-22-14-5-3-4-12(17)9-14/h3-5,9-11H,6-8H2,1-2H3,(H,18,21)(H,19,20). The molecule has 0 unspecified atom stereocenters. The Morgan fingerprint density at radius 3 is 2.95 bits per heavy atom. The van der Waals surface area contributed by atoms with Crippen LogP contribution >= 0.6 is 11.6 Å². The second kappa shape index (κ2) is 7.84. The first-order valence-electron chi connectivity index (χ1n) is 7.25. The molecule has 0 saturated heterocycles. The molecule has 0 atom stereocenters. The first-order valence-corrected chi connectivity index (χ1v) is 7.63. The maximum absolute atomic E-state index is 11.9. The van der Waals surface area contributed by atoms with Gasteiger partial charge in [0.15, 0.2) is 0 Å². The normalized spacial score (nSPS) is 10.7. The molecular formula is C16H20ClN3O2. The van der Waals surface area contributed by atoms with Crippen LogP contribution in [-0.4, -0.2) is 29.3 Å². The minimum Gasteiger partial charge on any atom is -0.492 e. The van der Waals surface area contributed by atoms with Crippen LogP contribution in [0, 0.1) is 5.92 Å². The molecule has 2 rings (SSSR count). The molecule has 2 N–H and O–H groups in total. The van der Waals surface area contributed by atoms with Crippen molar-refractivity contribution in [3.63, 3.8) is 0 Å². The lowest BCUT2D eigenvalue weighted by Crippen LogP contribution is -2.28. The topological polar surface area (TPSA) is 67.0 Å². The molecular weight excluding hydrogens is 302 g/mol. The van der Waals surface area contributed by atoms with Gasteiger partial charge in [-0.2, -0.15) is 5.10 Å². The van der Waals surface area contributed by atoms with Gasteiger partial charge in [0, 0.05) is 10.7 Å². The highest BCUT2D eigenvalue weighted by atomic mass is 35.5. The van der Waals surface area contributed by atoms with Gasteiger partial charge in [-0.3, -0.25) is 9.89 Å². The van der Waals surface area contributed by atoms with Crippen molar-refractivity contribution < 1.29 is 9.53 Å². The van der Waals surface area contributed by atoms with Crippen molar-refractivity contribution in [1.29, 1.82) is 0 Å². The predicted molar refractivity (Wildman–Crippen MR) is 86.4 cm³/mol. The van der Waals surface area contributed by atoms with Crippen molar-refractivity contribution in [3.8, 4) is 5.75 Å². The summed E-state index contributed by atoms with van der Waals surface area (Å²) in [7, 11) is 0. The SMILES string of the molecule is CC(C)Cc1cc(C(=O)NCCOc2cccc(Cl)c2)n[nH]1. The Morgan fingerprint density at radius 2 is 2.23 bits per heavy atom. The summed E-state index contributed by atoms with van der Waals surface area (Å²) >= 11 is 5.86. The van der Waals surface area contributed by atoms with Crippen LogP contribution in [0.5, 0.6) is 5.75 Å². The number of rotatable bonds is 7. The van der Waals surface area contributed by atoms with Gasteiger partial charge in [0.1, 0.15) is 18.1 Å². The van der Waals surface area contributed by atoms with E-state index in [2.05, 4.69) is 29.4 Å². The molecule has 1 aromatic heterocycles. The first-order chi connectivity index (χ1) is 10.5. The Labute approximate surface area is 135 Å². The van der Waals surface area contributed by atoms with E-state index in [9.17, 15) is 4.79 Å². The fourth-order valence-electron chi connectivity index (χ4n) is 2.00. The minimum atomic E-state index is -0.207. The monoisotopic (exact) mass is 321 g/mol. The predicted octanol–water partition coefficient (Wildman–Crippen LogP) is 3.07. The van der Waals surface area contributed by atoms with E-state index in [1.54, 1.807) is 18.2 Å². The Morgan fingerprint density at radius 1 is 1.41 bits per heavy atom. The number of nitrogens with one attached hydrogen (secondary N) is 2. The van der Waals surface area contributed by atoms with Gasteiger partial charge in [-0.25, -0.2) is 0 Å². The Balaban J connectivity index is 1.74. The zero-order chi connectivity index (χ0) is 15.9. The first kappa shape index (κ1) is 16.4. The van der Waals surface area contributed by atoms with Crippen molar-refractivity contribution in [2.75, 3.05) is 13.2 Å². The van der Waals surface area contributed by atoms with Crippen molar-refractivity contribution in [3.05, 3.63) is 46.7 Å². The van der Waals surface area contributed by atoms with Gasteiger partial charge in [0.2, 0.25) is 0 Å². The summed E-state index contributed by atoms with van der Waals surface area (Å²) in [6, 6.07) is 8.93. The highest BCUT2D eigenvalue weighted by Gasteiger charge is 2.10. The number of H-pyrrole nitrogens is 1. The Kier molecular flexibility index (Phi) is 5.83. The third kappa shape index (κ3) is 5.07. The molecule has 5 nitrogen and oxygen atoms in total. The summed E-state index contributed by atoms with van der Waals surface area (Å²) in [6.45, 7) is 5.01. The van der Waals surface area contributed by atoms with E-state index in [4.69, 9.17) is 16.3 Å². The lowest BCUT2D eigenvalue weighted by Gasteiger charge is -2.07. The van der Waals surface area contributed by atoms with Crippen LogP contribution < -0.4 is 10.1 Å². The van der Waals surface area contributed by atoms with E-state index < -0.39 is 0 Å². The van der Waals surface area contributed by atoms with E-state index in [1.165, 1.54) is 0 Å². The van der Waals surface area contributed by atoms with Gasteiger partial charge in [-0.15, -0.1) is 0 Å². The smallest absolute Gasteiger partial charge is 0.271 e. The molecule has 0 bridgehead atoms. The van der Waals surface area contributed by atoms with Gasteiger partial charge in [0.05, 0.1) is 6.54 Å². The number of hydrogen-bond donors (Lipinski definition) is 2. The number of hydrogen-bond acceptors (Lipinski definition) is 3. The van der Waals surface area contributed by atoms with Crippen molar-refractivity contribution >= 4 is 17.5 Å². The lowest BCUT2D eigenvalue weighted by atomic mass is 10.1. The third-order valence-electron chi connectivity index (χ3n) is 2.94. The molecule has 0 aliphatic heterocycles. The molecule has 22 heavy (non-hydrogen) atoms. The van der Waals surface area contributed by atoms with Crippen LogP contribution in [0.3, 0.4) is 0 Å². The average Bonchev–Trinajstić information content (AvgIpc) is 2.91. The molecule has 6 heteroatoms. The van der Waals surface area contributed by atoms with Crippen LogP contribution in [0.15, 0.2) is 30.3 Å². The number of amides is 1. The van der Waals surface area contributed by atoms with Crippen LogP contribution in [0.25, 0.3) is 0 Å². The summed E-state index contributed by atoms with van der Waals surface area (Å²) in [5.74, 6) is 0.990. The fraction of sp³-hybridized carbons (Fsp3) is 0.375. The Bertz CT molecular complexity index is 625. The molecule has 0 aliphatic rings. The molecule has 1 heterocycles. The highest BCUT2D eigenvalue weighted by Crippen LogP contribution is 2.16. The van der Waals surface area contributed by atoms with Gasteiger partial charge in [-0.05, 0) is 36.6 Å². The van der Waals surface area contributed by atoms with Crippen molar-refractivity contribution in [2.24, 2.45) is 5.92 Å². The number of carbonyl (C=O) groups excluding carboxylic acids is 1. The van der Waals surface area contributed by atoms with E-state index >= 15 is 0 Å². The van der Waals surface area contributed by atoms with Gasteiger partial charge in [-0.1, -0.05) is 31.5 Å². The zero-order valence-corrected chi connectivity index (χ0v) is 13.5. The van der Waals surface area contributed by atoms with Crippen LogP contribution in [0.4, 0.5) is 0 Å². The maximum atomic E-state index is 11.9. The summed E-state index contributed by atoms with van der Waals surface area (Å²) in [6.07, 6.45) is 0.873. The third-order valence-corrected chi connectivity index (χ3v) is 3.18. The van der Waals surface area contributed by atoms with Gasteiger partial charge in [0.25, 0.3) is 5.91 Å². The molecule has 0 spiro atoms. The molecule has 0 radical (unpaired) electrons. The highest BCUT2D eigenvalue weighted by molar-refractivity contribution is 6.30. The lowest BCUT2D eigenvalue weighted by molar-refractivity contribution is 0.0942. The number of ether oxygens (including phenoxy) is 1. The molecule has 118 valence electrons. The number of aromatic amines is 1. The van der Waals surface area contributed by atoms with E-state index in [0.29, 0.717) is 35.5 Å². The largest absolute Gasteiger partial charge is 0.492 e. The maximum Gasteiger partial charge on any atom is 0.271 e. The minimum absolute atomic E-state index is 0.207.